The maximum Gasteiger partial charge on any atom is 0.315 e. The lowest BCUT2D eigenvalue weighted by Gasteiger charge is -2.32. The molecule has 3 fully saturated rings. The van der Waals surface area contributed by atoms with E-state index in [4.69, 9.17) is 5.73 Å². The van der Waals surface area contributed by atoms with Crippen LogP contribution in [0.2, 0.25) is 0 Å². The van der Waals surface area contributed by atoms with Gasteiger partial charge in [0.2, 0.25) is 17.6 Å². The molecular weight excluding hydrogens is 759 g/mol. The van der Waals surface area contributed by atoms with Crippen molar-refractivity contribution in [1.29, 1.82) is 0 Å². The van der Waals surface area contributed by atoms with E-state index in [-0.39, 0.29) is 48.7 Å². The number of carbonyl (C=O) groups is 6. The number of hydrogen-bond donors (Lipinski definition) is 6. The van der Waals surface area contributed by atoms with Crippen molar-refractivity contribution in [2.24, 2.45) is 11.7 Å². The number of nitrogens with two attached hydrogens (primary N) is 1. The first-order chi connectivity index (χ1) is 27.1. The van der Waals surface area contributed by atoms with Crippen molar-refractivity contribution in [3.05, 3.63) is 47.3 Å². The molecule has 2 saturated carbocycles. The highest BCUT2D eigenvalue weighted by Gasteiger charge is 2.45. The zero-order valence-corrected chi connectivity index (χ0v) is 33.3. The summed E-state index contributed by atoms with van der Waals surface area (Å²) in [5, 5.41) is 30.2. The molecule has 3 aliphatic rings. The number of ketones is 1. The minimum Gasteiger partial charge on any atom is -0.772 e. The molecule has 2 aliphatic carbocycles. The number of unbranched alkanes of at least 4 members (excludes halogenated alkanes) is 1. The Bertz CT molecular complexity index is 1790. The lowest BCUT2D eigenvalue weighted by Crippen LogP contribution is -2.56. The lowest BCUT2D eigenvalue weighted by molar-refractivity contribution is -0.142. The van der Waals surface area contributed by atoms with Crippen molar-refractivity contribution < 1.29 is 42.6 Å². The van der Waals surface area contributed by atoms with E-state index < -0.39 is 70.3 Å². The Balaban J connectivity index is 1.37. The second-order valence-electron chi connectivity index (χ2n) is 15.9. The minimum absolute atomic E-state index is 0.00810. The number of aliphatic hydroxyl groups is 1. The molecule has 1 aromatic carbocycles. The van der Waals surface area contributed by atoms with E-state index in [0.717, 1.165) is 44.9 Å². The molecule has 7 N–H and O–H groups in total. The predicted octanol–water partition coefficient (Wildman–Crippen LogP) is 0.967. The highest BCUT2D eigenvalue weighted by atomic mass is 32.2. The van der Waals surface area contributed by atoms with E-state index in [1.807, 2.05) is 0 Å². The Labute approximate surface area is 334 Å². The average Bonchev–Trinajstić information content (AvgIpc) is 3.62. The quantitative estimate of drug-likeness (QED) is 0.0661. The van der Waals surface area contributed by atoms with Crippen molar-refractivity contribution in [2.45, 2.75) is 132 Å². The number of rotatable bonds is 19. The summed E-state index contributed by atoms with van der Waals surface area (Å²) in [5.41, 5.74) is 5.06. The van der Waals surface area contributed by atoms with E-state index in [2.05, 4.69) is 31.6 Å². The summed E-state index contributed by atoms with van der Waals surface area (Å²) < 4.78 is 23.8. The molecule has 0 bridgehead atoms. The van der Waals surface area contributed by atoms with Crippen LogP contribution in [-0.2, 0) is 41.6 Å². The molecule has 2 unspecified atom stereocenters. The summed E-state index contributed by atoms with van der Waals surface area (Å²) >= 11 is -2.31. The normalized spacial score (nSPS) is 20.2. The Morgan fingerprint density at radius 3 is 2.33 bits per heavy atom. The van der Waals surface area contributed by atoms with Gasteiger partial charge < -0.3 is 41.6 Å². The number of carbonyl (C=O) groups excluding carboxylic acids is 6. The number of amides is 6. The Morgan fingerprint density at radius 2 is 1.70 bits per heavy atom. The third-order valence-corrected chi connectivity index (χ3v) is 11.4. The first-order valence-corrected chi connectivity index (χ1v) is 20.9. The number of nitrogens with one attached hydrogen (secondary N) is 4. The molecule has 0 radical (unpaired) electrons. The number of benzene rings is 1. The second kappa shape index (κ2) is 19.6. The molecule has 5 rings (SSSR count). The molecule has 2 heterocycles. The standard InChI is InChI=1S/C38H55N9O9S/c1-38(2,54)31-20-41-45-47(31)27-19-30(35(51)43-28(32(48)33(39)49)10-6-7-17-40-37(53)42-26-15-16-26)46(21-27)36(52)29(18-23-8-4-3-5-9-23)44-34(50)25-13-11-24(12-14-25)22-57(55)56/h11-14,20,23,26-30,54H,3-10,15-19,21-22H2,1-2H3,(H2,39,49)(H,43,51)(H,44,50)(H,55,56)(H2,40,42,53)/p-1/t27-,28?,29+,30-/m0/s1. The van der Waals surface area contributed by atoms with Gasteiger partial charge in [-0.15, -0.1) is 5.10 Å². The van der Waals surface area contributed by atoms with Crippen molar-refractivity contribution >= 4 is 46.5 Å². The molecule has 2 aromatic rings. The second-order valence-corrected chi connectivity index (χ2v) is 16.8. The molecule has 18 nitrogen and oxygen atoms in total. The molecule has 1 aliphatic heterocycles. The molecule has 5 atom stereocenters. The SMILES string of the molecule is CC(C)(O)c1cnnn1[C@H]1C[C@@H](C(=O)NC(CCCCNC(=O)NC2CC2)C(=O)C(N)=O)N(C(=O)[C@@H](CC2CCCCC2)NC(=O)c2ccc(CS(=O)[O-])cc2)C1. The predicted molar refractivity (Wildman–Crippen MR) is 205 cm³/mol. The Hall–Kier alpha value is -4.75. The first-order valence-electron chi connectivity index (χ1n) is 19.7. The zero-order chi connectivity index (χ0) is 41.3. The van der Waals surface area contributed by atoms with Crippen LogP contribution < -0.4 is 27.0 Å². The van der Waals surface area contributed by atoms with Gasteiger partial charge in [0.15, 0.2) is 0 Å². The number of Topliss-reactive ketones (excluding diaryl/α,β-unsaturated/α-hetero) is 1. The number of nitrogens with zero attached hydrogens (tertiary/aromatic N) is 4. The number of hydrogen-bond acceptors (Lipinski definition) is 11. The molecule has 1 saturated heterocycles. The van der Waals surface area contributed by atoms with E-state index >= 15 is 0 Å². The van der Waals surface area contributed by atoms with Crippen molar-refractivity contribution in [2.75, 3.05) is 13.1 Å². The third kappa shape index (κ3) is 12.4. The summed E-state index contributed by atoms with van der Waals surface area (Å²) in [4.78, 5) is 81.1. The molecular formula is C38H54N9O9S-. The van der Waals surface area contributed by atoms with Crippen molar-refractivity contribution in [3.63, 3.8) is 0 Å². The van der Waals surface area contributed by atoms with Crippen LogP contribution >= 0.6 is 0 Å². The van der Waals surface area contributed by atoms with E-state index in [9.17, 15) is 42.6 Å². The highest BCUT2D eigenvalue weighted by molar-refractivity contribution is 7.78. The topological polar surface area (TPSA) is 271 Å². The van der Waals surface area contributed by atoms with Gasteiger partial charge in [-0.05, 0) is 76.0 Å². The molecule has 19 heteroatoms. The van der Waals surface area contributed by atoms with E-state index in [1.54, 1.807) is 13.8 Å². The van der Waals surface area contributed by atoms with Crippen molar-refractivity contribution in [1.82, 2.24) is 41.2 Å². The van der Waals surface area contributed by atoms with Crippen LogP contribution in [0.4, 0.5) is 4.79 Å². The maximum atomic E-state index is 14.8. The number of urea groups is 1. The Kier molecular flexibility index (Phi) is 14.9. The van der Waals surface area contributed by atoms with Gasteiger partial charge in [0.05, 0.1) is 24.0 Å². The third-order valence-electron chi connectivity index (χ3n) is 10.8. The van der Waals surface area contributed by atoms with Gasteiger partial charge in [0.25, 0.3) is 11.8 Å². The fraction of sp³-hybridized carbons (Fsp3) is 0.632. The molecule has 6 amide bonds. The number of primary amides is 1. The molecule has 1 aromatic heterocycles. The first kappa shape index (κ1) is 43.4. The summed E-state index contributed by atoms with van der Waals surface area (Å²) in [6.45, 7) is 3.37. The monoisotopic (exact) mass is 812 g/mol. The summed E-state index contributed by atoms with van der Waals surface area (Å²) in [6, 6.07) is 1.74. The largest absolute Gasteiger partial charge is 0.772 e. The zero-order valence-electron chi connectivity index (χ0n) is 32.4. The van der Waals surface area contributed by atoms with Gasteiger partial charge >= 0.3 is 6.03 Å². The van der Waals surface area contributed by atoms with Gasteiger partial charge in [0, 0.05) is 36.9 Å². The Morgan fingerprint density at radius 1 is 1.00 bits per heavy atom. The van der Waals surface area contributed by atoms with Crippen LogP contribution in [0.5, 0.6) is 0 Å². The summed E-state index contributed by atoms with van der Waals surface area (Å²) in [6.07, 6.45) is 9.17. The van der Waals surface area contributed by atoms with Gasteiger partial charge in [0.1, 0.15) is 17.7 Å². The van der Waals surface area contributed by atoms with Crippen molar-refractivity contribution in [3.8, 4) is 0 Å². The minimum atomic E-state index is -2.31. The summed E-state index contributed by atoms with van der Waals surface area (Å²) in [5.74, 6) is -4.14. The lowest BCUT2D eigenvalue weighted by atomic mass is 9.84. The van der Waals surface area contributed by atoms with E-state index in [0.29, 0.717) is 37.1 Å². The van der Waals surface area contributed by atoms with Crippen LogP contribution in [0.3, 0.4) is 0 Å². The van der Waals surface area contributed by atoms with Crippen LogP contribution in [0, 0.1) is 5.92 Å². The number of aromatic nitrogens is 3. The number of likely N-dealkylation sites (tertiary alicyclic amines) is 1. The van der Waals surface area contributed by atoms with Gasteiger partial charge in [-0.2, -0.15) is 0 Å². The molecule has 312 valence electrons. The van der Waals surface area contributed by atoms with Crippen LogP contribution in [-0.4, -0.2) is 106 Å². The van der Waals surface area contributed by atoms with Gasteiger partial charge in [-0.1, -0.05) is 60.5 Å². The van der Waals surface area contributed by atoms with Crippen LogP contribution in [0.15, 0.2) is 30.5 Å². The molecule has 0 spiro atoms. The maximum absolute atomic E-state index is 14.8. The fourth-order valence-corrected chi connectivity index (χ4v) is 8.05. The molecule has 57 heavy (non-hydrogen) atoms. The van der Waals surface area contributed by atoms with Crippen LogP contribution in [0.1, 0.15) is 119 Å². The van der Waals surface area contributed by atoms with Gasteiger partial charge in [-0.3, -0.25) is 28.2 Å². The highest BCUT2D eigenvalue weighted by Crippen LogP contribution is 2.33. The van der Waals surface area contributed by atoms with E-state index in [1.165, 1.54) is 40.0 Å². The van der Waals surface area contributed by atoms with Crippen LogP contribution in [0.25, 0.3) is 0 Å². The average molecular weight is 813 g/mol. The summed E-state index contributed by atoms with van der Waals surface area (Å²) in [7, 11) is 0. The fourth-order valence-electron chi connectivity index (χ4n) is 7.59. The van der Waals surface area contributed by atoms with Gasteiger partial charge in [-0.25, -0.2) is 9.48 Å². The smallest absolute Gasteiger partial charge is 0.315 e.